The smallest absolute Gasteiger partial charge is 0.259 e. The molecule has 1 aliphatic rings. The molecule has 0 fully saturated rings. The van der Waals surface area contributed by atoms with Crippen LogP contribution in [0.25, 0.3) is 33.2 Å². The van der Waals surface area contributed by atoms with Crippen LogP contribution in [0, 0.1) is 0 Å². The number of halogens is 1. The summed E-state index contributed by atoms with van der Waals surface area (Å²) >= 11 is 0. The molecule has 0 N–H and O–H groups in total. The highest BCUT2D eigenvalue weighted by atomic mass is 19.2. The number of amides is 1. The minimum absolute atomic E-state index is 0.114. The van der Waals surface area contributed by atoms with Crippen molar-refractivity contribution in [3.05, 3.63) is 72.4 Å². The van der Waals surface area contributed by atoms with Gasteiger partial charge in [0.25, 0.3) is 5.91 Å². The zero-order valence-electron chi connectivity index (χ0n) is 14.7. The van der Waals surface area contributed by atoms with Crippen LogP contribution in [0.4, 0.5) is 10.2 Å². The SMILES string of the molecule is Cn1ncc2cc(-c3ccc(-c4ccc5c(c4)CC(=O)N5F)cc3)ccc21. The van der Waals surface area contributed by atoms with Gasteiger partial charge in [-0.1, -0.05) is 40.9 Å². The van der Waals surface area contributed by atoms with E-state index >= 15 is 0 Å². The van der Waals surface area contributed by atoms with Gasteiger partial charge >= 0.3 is 0 Å². The summed E-state index contributed by atoms with van der Waals surface area (Å²) in [6.45, 7) is 0. The van der Waals surface area contributed by atoms with E-state index in [1.54, 1.807) is 6.07 Å². The fraction of sp³-hybridized carbons (Fsp3) is 0.0909. The normalized spacial score (nSPS) is 13.4. The second kappa shape index (κ2) is 5.77. The predicted molar refractivity (Wildman–Crippen MR) is 104 cm³/mol. The number of nitrogens with zero attached hydrogens (tertiary/aromatic N) is 3. The summed E-state index contributed by atoms with van der Waals surface area (Å²) in [4.78, 5) is 11.5. The molecule has 0 spiro atoms. The molecule has 4 aromatic rings. The number of hydrogen-bond donors (Lipinski definition) is 0. The van der Waals surface area contributed by atoms with Gasteiger partial charge in [-0.05, 0) is 52.1 Å². The van der Waals surface area contributed by atoms with Crippen molar-refractivity contribution in [1.82, 2.24) is 9.78 Å². The Kier molecular flexibility index (Phi) is 3.37. The quantitative estimate of drug-likeness (QED) is 0.489. The molecule has 3 aromatic carbocycles. The molecule has 1 aromatic heterocycles. The Labute approximate surface area is 155 Å². The highest BCUT2D eigenvalue weighted by molar-refractivity contribution is 6.00. The summed E-state index contributed by atoms with van der Waals surface area (Å²) in [5.41, 5.74) is 6.45. The maximum absolute atomic E-state index is 13.7. The lowest BCUT2D eigenvalue weighted by atomic mass is 9.98. The molecule has 2 heterocycles. The lowest BCUT2D eigenvalue weighted by Gasteiger charge is -2.08. The maximum Gasteiger partial charge on any atom is 0.259 e. The third-order valence-corrected chi connectivity index (χ3v) is 5.15. The molecule has 0 radical (unpaired) electrons. The minimum Gasteiger partial charge on any atom is -0.272 e. The number of aromatic nitrogens is 2. The summed E-state index contributed by atoms with van der Waals surface area (Å²) in [5.74, 6) is -0.511. The molecule has 5 rings (SSSR count). The van der Waals surface area contributed by atoms with E-state index in [0.29, 0.717) is 5.69 Å². The number of carbonyl (C=O) groups excluding carboxylic acids is 1. The zero-order valence-corrected chi connectivity index (χ0v) is 14.7. The fourth-order valence-corrected chi connectivity index (χ4v) is 3.66. The first-order chi connectivity index (χ1) is 13.1. The Morgan fingerprint density at radius 3 is 2.26 bits per heavy atom. The fourth-order valence-electron chi connectivity index (χ4n) is 3.66. The van der Waals surface area contributed by atoms with E-state index in [2.05, 4.69) is 47.6 Å². The number of benzene rings is 3. The van der Waals surface area contributed by atoms with Crippen molar-refractivity contribution in [3.8, 4) is 22.3 Å². The summed E-state index contributed by atoms with van der Waals surface area (Å²) in [6.07, 6.45) is 1.98. The standard InChI is InChI=1S/C22H16FN3O/c1-25-20-8-6-17(11-19(20)13-24-25)15-4-2-14(3-5-15)16-7-9-21-18(10-16)12-22(27)26(21)23/h2-11,13H,12H2,1H3. The lowest BCUT2D eigenvalue weighted by Crippen LogP contribution is -2.15. The van der Waals surface area contributed by atoms with Crippen molar-refractivity contribution in [1.29, 1.82) is 0 Å². The minimum atomic E-state index is -0.511. The summed E-state index contributed by atoms with van der Waals surface area (Å²) in [6, 6.07) is 20.0. The van der Waals surface area contributed by atoms with Gasteiger partial charge in [0.1, 0.15) is 0 Å². The second-order valence-corrected chi connectivity index (χ2v) is 6.81. The van der Waals surface area contributed by atoms with E-state index in [1.165, 1.54) is 0 Å². The molecule has 0 saturated carbocycles. The molecule has 0 atom stereocenters. The van der Waals surface area contributed by atoms with Crippen molar-refractivity contribution in [2.75, 3.05) is 5.12 Å². The number of carbonyl (C=O) groups is 1. The van der Waals surface area contributed by atoms with Gasteiger partial charge in [0.2, 0.25) is 0 Å². The van der Waals surface area contributed by atoms with Gasteiger partial charge in [0.05, 0.1) is 23.8 Å². The molecular weight excluding hydrogens is 341 g/mol. The highest BCUT2D eigenvalue weighted by Crippen LogP contribution is 2.34. The average molecular weight is 357 g/mol. The monoisotopic (exact) mass is 357 g/mol. The van der Waals surface area contributed by atoms with Gasteiger partial charge in [0, 0.05) is 12.4 Å². The molecule has 0 aliphatic carbocycles. The van der Waals surface area contributed by atoms with Crippen LogP contribution in [-0.2, 0) is 18.3 Å². The van der Waals surface area contributed by atoms with Crippen molar-refractivity contribution in [2.45, 2.75) is 6.42 Å². The first-order valence-corrected chi connectivity index (χ1v) is 8.74. The van der Waals surface area contributed by atoms with E-state index in [-0.39, 0.29) is 11.5 Å². The molecule has 4 nitrogen and oxygen atoms in total. The summed E-state index contributed by atoms with van der Waals surface area (Å²) in [7, 11) is 1.93. The molecule has 5 heteroatoms. The molecule has 132 valence electrons. The largest absolute Gasteiger partial charge is 0.272 e. The van der Waals surface area contributed by atoms with Gasteiger partial charge < -0.3 is 0 Å². The number of aryl methyl sites for hydroxylation is 1. The molecule has 27 heavy (non-hydrogen) atoms. The van der Waals surface area contributed by atoms with E-state index in [0.717, 1.165) is 38.7 Å². The third-order valence-electron chi connectivity index (χ3n) is 5.15. The van der Waals surface area contributed by atoms with Crippen LogP contribution in [0.1, 0.15) is 5.56 Å². The van der Waals surface area contributed by atoms with Crippen LogP contribution in [-0.4, -0.2) is 15.7 Å². The topological polar surface area (TPSA) is 38.1 Å². The van der Waals surface area contributed by atoms with Crippen molar-refractivity contribution >= 4 is 22.5 Å². The first-order valence-electron chi connectivity index (χ1n) is 8.74. The summed E-state index contributed by atoms with van der Waals surface area (Å²) in [5, 5.41) is 5.63. The van der Waals surface area contributed by atoms with E-state index in [1.807, 2.05) is 30.1 Å². The average Bonchev–Trinajstić information content (AvgIpc) is 3.21. The number of fused-ring (bicyclic) bond motifs is 2. The van der Waals surface area contributed by atoms with Gasteiger partial charge in [0.15, 0.2) is 0 Å². The van der Waals surface area contributed by atoms with Crippen LogP contribution in [0.3, 0.4) is 0 Å². The van der Waals surface area contributed by atoms with Crippen LogP contribution in [0.2, 0.25) is 0 Å². The van der Waals surface area contributed by atoms with Crippen molar-refractivity contribution in [3.63, 3.8) is 0 Å². The van der Waals surface area contributed by atoms with Crippen LogP contribution in [0.5, 0.6) is 0 Å². The molecular formula is C22H16FN3O. The Balaban J connectivity index is 1.48. The molecule has 0 saturated heterocycles. The molecule has 1 aliphatic heterocycles. The zero-order chi connectivity index (χ0) is 18.5. The second-order valence-electron chi connectivity index (χ2n) is 6.81. The Morgan fingerprint density at radius 2 is 1.52 bits per heavy atom. The van der Waals surface area contributed by atoms with Gasteiger partial charge in [-0.15, -0.1) is 5.12 Å². The van der Waals surface area contributed by atoms with E-state index in [4.69, 9.17) is 0 Å². The third kappa shape index (κ3) is 2.51. The van der Waals surface area contributed by atoms with Crippen molar-refractivity contribution < 1.29 is 9.28 Å². The highest BCUT2D eigenvalue weighted by Gasteiger charge is 2.27. The van der Waals surface area contributed by atoms with E-state index < -0.39 is 5.91 Å². The summed E-state index contributed by atoms with van der Waals surface area (Å²) < 4.78 is 15.5. The predicted octanol–water partition coefficient (Wildman–Crippen LogP) is 4.68. The lowest BCUT2D eigenvalue weighted by molar-refractivity contribution is -0.119. The Hall–Kier alpha value is -3.47. The van der Waals surface area contributed by atoms with Gasteiger partial charge in [-0.25, -0.2) is 0 Å². The van der Waals surface area contributed by atoms with Crippen LogP contribution in [0.15, 0.2) is 66.9 Å². The van der Waals surface area contributed by atoms with E-state index in [9.17, 15) is 9.28 Å². The first kappa shape index (κ1) is 15.8. The van der Waals surface area contributed by atoms with Crippen LogP contribution >= 0.6 is 0 Å². The number of rotatable bonds is 2. The van der Waals surface area contributed by atoms with Gasteiger partial charge in [-0.3, -0.25) is 9.48 Å². The number of hydrogen-bond acceptors (Lipinski definition) is 2. The Bertz CT molecular complexity index is 1190. The molecule has 0 unspecified atom stereocenters. The Morgan fingerprint density at radius 1 is 0.889 bits per heavy atom. The molecule has 1 amide bonds. The maximum atomic E-state index is 13.7. The van der Waals surface area contributed by atoms with Gasteiger partial charge in [-0.2, -0.15) is 5.10 Å². The van der Waals surface area contributed by atoms with Crippen LogP contribution < -0.4 is 5.12 Å². The van der Waals surface area contributed by atoms with Crippen molar-refractivity contribution in [2.24, 2.45) is 7.05 Å². The molecule has 0 bridgehead atoms. The number of anilines is 1.